The van der Waals surface area contributed by atoms with Crippen molar-refractivity contribution in [3.63, 3.8) is 0 Å². The monoisotopic (exact) mass is 399 g/mol. The number of anilines is 1. The number of nitrogens with zero attached hydrogens (tertiary/aromatic N) is 3. The second kappa shape index (κ2) is 8.55. The Labute approximate surface area is 167 Å². The van der Waals surface area contributed by atoms with Gasteiger partial charge in [0.2, 0.25) is 0 Å². The smallest absolute Gasteiger partial charge is 0.319 e. The summed E-state index contributed by atoms with van der Waals surface area (Å²) in [5.74, 6) is -0.618. The van der Waals surface area contributed by atoms with Crippen molar-refractivity contribution in [2.45, 2.75) is 44.6 Å². The zero-order valence-corrected chi connectivity index (χ0v) is 16.0. The number of hydrogen-bond acceptors (Lipinski definition) is 3. The van der Waals surface area contributed by atoms with Crippen LogP contribution in [-0.2, 0) is 6.42 Å². The molecule has 1 aromatic carbocycles. The molecular weight excluding hydrogens is 376 g/mol. The molecule has 2 aromatic heterocycles. The van der Waals surface area contributed by atoms with Crippen molar-refractivity contribution < 1.29 is 13.6 Å². The molecule has 0 bridgehead atoms. The minimum atomic E-state index is -0.815. The van der Waals surface area contributed by atoms with E-state index in [4.69, 9.17) is 4.98 Å². The van der Waals surface area contributed by atoms with Gasteiger partial charge in [-0.3, -0.25) is 0 Å². The number of amides is 2. The fraction of sp³-hybridized carbons (Fsp3) is 0.381. The number of fused-ring (bicyclic) bond motifs is 1. The van der Waals surface area contributed by atoms with Crippen LogP contribution in [0, 0.1) is 11.6 Å². The highest BCUT2D eigenvalue weighted by atomic mass is 19.1. The van der Waals surface area contributed by atoms with Crippen molar-refractivity contribution in [1.29, 1.82) is 0 Å². The van der Waals surface area contributed by atoms with Crippen molar-refractivity contribution in [2.75, 3.05) is 11.9 Å². The molecule has 1 fully saturated rings. The summed E-state index contributed by atoms with van der Waals surface area (Å²) in [7, 11) is 0. The van der Waals surface area contributed by atoms with Gasteiger partial charge in [-0.2, -0.15) is 0 Å². The van der Waals surface area contributed by atoms with Gasteiger partial charge in [0.05, 0.1) is 5.69 Å². The van der Waals surface area contributed by atoms with E-state index in [-0.39, 0.29) is 5.69 Å². The fourth-order valence-electron chi connectivity index (χ4n) is 3.92. The molecule has 0 atom stereocenters. The van der Waals surface area contributed by atoms with Gasteiger partial charge in [-0.1, -0.05) is 19.3 Å². The van der Waals surface area contributed by atoms with Gasteiger partial charge in [-0.15, -0.1) is 0 Å². The van der Waals surface area contributed by atoms with Gasteiger partial charge in [0.25, 0.3) is 0 Å². The SMILES string of the molecule is O=C(NCCc1nc2cccnc2n1C1CCCCC1)Nc1ccc(F)cc1F. The minimum Gasteiger partial charge on any atom is -0.337 e. The molecule has 1 aliphatic carbocycles. The Kier molecular flexibility index (Phi) is 5.69. The summed E-state index contributed by atoms with van der Waals surface area (Å²) in [5, 5.41) is 5.11. The Balaban J connectivity index is 1.43. The van der Waals surface area contributed by atoms with Crippen LogP contribution in [0.3, 0.4) is 0 Å². The molecule has 2 heterocycles. The molecule has 0 aliphatic heterocycles. The number of rotatable bonds is 5. The molecule has 2 amide bonds. The number of urea groups is 1. The molecule has 2 N–H and O–H groups in total. The van der Waals surface area contributed by atoms with Gasteiger partial charge in [-0.25, -0.2) is 23.5 Å². The first-order valence-corrected chi connectivity index (χ1v) is 9.93. The van der Waals surface area contributed by atoms with E-state index in [0.717, 1.165) is 42.0 Å². The molecule has 0 radical (unpaired) electrons. The Bertz CT molecular complexity index is 1010. The summed E-state index contributed by atoms with van der Waals surface area (Å²) in [6.07, 6.45) is 8.16. The standard InChI is InChI=1S/C21H23F2N5O/c22-14-8-9-17(16(23)13-14)27-21(29)25-12-10-19-26-18-7-4-11-24-20(18)28(19)15-5-2-1-3-6-15/h4,7-9,11,13,15H,1-3,5-6,10,12H2,(H2,25,27,29). The molecule has 4 rings (SSSR count). The van der Waals surface area contributed by atoms with Crippen LogP contribution in [0.1, 0.15) is 44.0 Å². The number of aromatic nitrogens is 3. The third kappa shape index (κ3) is 4.36. The largest absolute Gasteiger partial charge is 0.337 e. The van der Waals surface area contributed by atoms with Crippen LogP contribution in [-0.4, -0.2) is 27.1 Å². The van der Waals surface area contributed by atoms with Crippen LogP contribution in [0.5, 0.6) is 0 Å². The molecule has 6 nitrogen and oxygen atoms in total. The Morgan fingerprint density at radius 1 is 1.17 bits per heavy atom. The van der Waals surface area contributed by atoms with Gasteiger partial charge in [0, 0.05) is 31.3 Å². The summed E-state index contributed by atoms with van der Waals surface area (Å²) < 4.78 is 28.9. The Morgan fingerprint density at radius 2 is 2.00 bits per heavy atom. The van der Waals surface area contributed by atoms with Crippen LogP contribution in [0.15, 0.2) is 36.5 Å². The summed E-state index contributed by atoms with van der Waals surface area (Å²) in [4.78, 5) is 21.3. The van der Waals surface area contributed by atoms with E-state index in [1.165, 1.54) is 25.3 Å². The van der Waals surface area contributed by atoms with Crippen molar-refractivity contribution >= 4 is 22.9 Å². The first-order chi connectivity index (χ1) is 14.1. The fourth-order valence-corrected chi connectivity index (χ4v) is 3.92. The molecule has 1 saturated carbocycles. The summed E-state index contributed by atoms with van der Waals surface area (Å²) in [5.41, 5.74) is 1.67. The molecule has 0 saturated heterocycles. The molecule has 0 unspecified atom stereocenters. The number of benzene rings is 1. The zero-order valence-electron chi connectivity index (χ0n) is 16.0. The van der Waals surface area contributed by atoms with E-state index in [1.807, 2.05) is 12.1 Å². The second-order valence-corrected chi connectivity index (χ2v) is 7.29. The number of halogens is 2. The number of carbonyl (C=O) groups is 1. The second-order valence-electron chi connectivity index (χ2n) is 7.29. The van der Waals surface area contributed by atoms with Crippen molar-refractivity contribution in [1.82, 2.24) is 19.9 Å². The van der Waals surface area contributed by atoms with Gasteiger partial charge >= 0.3 is 6.03 Å². The van der Waals surface area contributed by atoms with E-state index in [9.17, 15) is 13.6 Å². The quantitative estimate of drug-likeness (QED) is 0.660. The maximum atomic E-state index is 13.7. The molecule has 29 heavy (non-hydrogen) atoms. The van der Waals surface area contributed by atoms with Gasteiger partial charge in [0.1, 0.15) is 23.0 Å². The molecule has 3 aromatic rings. The minimum absolute atomic E-state index is 0.0671. The van der Waals surface area contributed by atoms with E-state index >= 15 is 0 Å². The predicted octanol–water partition coefficient (Wildman–Crippen LogP) is 4.58. The molecular formula is C21H23F2N5O. The van der Waals surface area contributed by atoms with Crippen LogP contribution >= 0.6 is 0 Å². The molecule has 0 spiro atoms. The highest BCUT2D eigenvalue weighted by molar-refractivity contribution is 5.89. The van der Waals surface area contributed by atoms with Crippen LogP contribution in [0.4, 0.5) is 19.3 Å². The van der Waals surface area contributed by atoms with E-state index < -0.39 is 17.7 Å². The van der Waals surface area contributed by atoms with Crippen molar-refractivity contribution in [2.24, 2.45) is 0 Å². The Morgan fingerprint density at radius 3 is 2.79 bits per heavy atom. The first-order valence-electron chi connectivity index (χ1n) is 9.93. The normalized spacial score (nSPS) is 14.8. The number of carbonyl (C=O) groups excluding carboxylic acids is 1. The maximum absolute atomic E-state index is 13.7. The van der Waals surface area contributed by atoms with E-state index in [2.05, 4.69) is 20.2 Å². The van der Waals surface area contributed by atoms with Crippen LogP contribution < -0.4 is 10.6 Å². The first kappa shape index (κ1) is 19.3. The summed E-state index contributed by atoms with van der Waals surface area (Å²) >= 11 is 0. The highest BCUT2D eigenvalue weighted by Crippen LogP contribution is 2.31. The lowest BCUT2D eigenvalue weighted by Crippen LogP contribution is -2.31. The van der Waals surface area contributed by atoms with Crippen molar-refractivity contribution in [3.05, 3.63) is 54.0 Å². The van der Waals surface area contributed by atoms with Crippen molar-refractivity contribution in [3.8, 4) is 0 Å². The van der Waals surface area contributed by atoms with E-state index in [1.54, 1.807) is 6.20 Å². The summed E-state index contributed by atoms with van der Waals surface area (Å²) in [6, 6.07) is 6.66. The lowest BCUT2D eigenvalue weighted by atomic mass is 9.95. The molecule has 1 aliphatic rings. The molecule has 8 heteroatoms. The van der Waals surface area contributed by atoms with Gasteiger partial charge in [-0.05, 0) is 37.1 Å². The number of imidazole rings is 1. The average Bonchev–Trinajstić information content (AvgIpc) is 3.09. The van der Waals surface area contributed by atoms with E-state index in [0.29, 0.717) is 19.0 Å². The number of hydrogen-bond donors (Lipinski definition) is 2. The maximum Gasteiger partial charge on any atom is 0.319 e. The molecule has 152 valence electrons. The lowest BCUT2D eigenvalue weighted by Gasteiger charge is -2.25. The van der Waals surface area contributed by atoms with Gasteiger partial charge in [0.15, 0.2) is 5.65 Å². The summed E-state index contributed by atoms with van der Waals surface area (Å²) in [6.45, 7) is 0.338. The van der Waals surface area contributed by atoms with Gasteiger partial charge < -0.3 is 15.2 Å². The van der Waals surface area contributed by atoms with Crippen LogP contribution in [0.25, 0.3) is 11.2 Å². The topological polar surface area (TPSA) is 71.8 Å². The third-order valence-electron chi connectivity index (χ3n) is 5.28. The third-order valence-corrected chi connectivity index (χ3v) is 5.28. The van der Waals surface area contributed by atoms with Crippen LogP contribution in [0.2, 0.25) is 0 Å². The Hall–Kier alpha value is -3.03. The lowest BCUT2D eigenvalue weighted by molar-refractivity contribution is 0.252. The highest BCUT2D eigenvalue weighted by Gasteiger charge is 2.22. The zero-order chi connectivity index (χ0) is 20.2. The number of pyridine rings is 1. The average molecular weight is 399 g/mol. The predicted molar refractivity (Wildman–Crippen MR) is 107 cm³/mol. The number of nitrogens with one attached hydrogen (secondary N) is 2.